The molecule has 0 saturated carbocycles. The van der Waals surface area contributed by atoms with Crippen LogP contribution in [0, 0.1) is 0 Å². The zero-order valence-corrected chi connectivity index (χ0v) is 22.4. The SMILES string of the molecule is CCCCCCCCCCCCOC(=O)CCCCC(=O)OCCCCCCCCCCCl. The summed E-state index contributed by atoms with van der Waals surface area (Å²) in [4.78, 5) is 23.5. The van der Waals surface area contributed by atoms with Crippen LogP contribution in [0.4, 0.5) is 0 Å². The summed E-state index contributed by atoms with van der Waals surface area (Å²) in [7, 11) is 0. The molecule has 0 spiro atoms. The van der Waals surface area contributed by atoms with Crippen LogP contribution in [0.5, 0.6) is 0 Å². The van der Waals surface area contributed by atoms with Gasteiger partial charge in [-0.15, -0.1) is 11.6 Å². The second kappa shape index (κ2) is 27.5. The Hall–Kier alpha value is -0.770. The van der Waals surface area contributed by atoms with Crippen molar-refractivity contribution < 1.29 is 19.1 Å². The highest BCUT2D eigenvalue weighted by Gasteiger charge is 2.06. The largest absolute Gasteiger partial charge is 0.466 e. The molecule has 0 N–H and O–H groups in total. The van der Waals surface area contributed by atoms with E-state index in [1.165, 1.54) is 83.5 Å². The first-order chi connectivity index (χ1) is 16.2. The predicted octanol–water partition coefficient (Wildman–Crippen LogP) is 8.91. The molecule has 0 rings (SSSR count). The van der Waals surface area contributed by atoms with E-state index in [4.69, 9.17) is 21.1 Å². The Kier molecular flexibility index (Phi) is 26.8. The number of hydrogen-bond acceptors (Lipinski definition) is 4. The van der Waals surface area contributed by atoms with Gasteiger partial charge in [-0.1, -0.05) is 103 Å². The summed E-state index contributed by atoms with van der Waals surface area (Å²) in [5.41, 5.74) is 0. The van der Waals surface area contributed by atoms with Crippen molar-refractivity contribution in [1.29, 1.82) is 0 Å². The molecule has 0 radical (unpaired) electrons. The monoisotopic (exact) mass is 488 g/mol. The number of unbranched alkanes of at least 4 members (excludes halogenated alkanes) is 17. The molecule has 196 valence electrons. The Balaban J connectivity index is 3.28. The molecular formula is C28H53ClO4. The van der Waals surface area contributed by atoms with Crippen molar-refractivity contribution in [3.8, 4) is 0 Å². The maximum absolute atomic E-state index is 11.8. The van der Waals surface area contributed by atoms with Crippen molar-refractivity contribution in [3.05, 3.63) is 0 Å². The number of alkyl halides is 1. The van der Waals surface area contributed by atoms with Gasteiger partial charge in [0.2, 0.25) is 0 Å². The van der Waals surface area contributed by atoms with Crippen molar-refractivity contribution in [3.63, 3.8) is 0 Å². The van der Waals surface area contributed by atoms with Gasteiger partial charge in [-0.2, -0.15) is 0 Å². The van der Waals surface area contributed by atoms with Crippen LogP contribution in [-0.2, 0) is 19.1 Å². The van der Waals surface area contributed by atoms with Crippen molar-refractivity contribution >= 4 is 23.5 Å². The second-order valence-corrected chi connectivity index (χ2v) is 9.73. The van der Waals surface area contributed by atoms with Gasteiger partial charge in [0.1, 0.15) is 0 Å². The number of carbonyl (C=O) groups is 2. The Morgan fingerprint density at radius 1 is 0.485 bits per heavy atom. The molecule has 0 fully saturated rings. The van der Waals surface area contributed by atoms with Gasteiger partial charge in [-0.25, -0.2) is 0 Å². The first kappa shape index (κ1) is 32.2. The van der Waals surface area contributed by atoms with E-state index in [1.54, 1.807) is 0 Å². The summed E-state index contributed by atoms with van der Waals surface area (Å²) < 4.78 is 10.6. The molecule has 5 heteroatoms. The van der Waals surface area contributed by atoms with Crippen molar-refractivity contribution in [2.45, 2.75) is 148 Å². The van der Waals surface area contributed by atoms with Crippen molar-refractivity contribution in [1.82, 2.24) is 0 Å². The molecule has 0 saturated heterocycles. The normalized spacial score (nSPS) is 11.0. The third-order valence-corrected chi connectivity index (χ3v) is 6.33. The molecule has 0 unspecified atom stereocenters. The van der Waals surface area contributed by atoms with E-state index in [0.29, 0.717) is 38.9 Å². The highest BCUT2D eigenvalue weighted by molar-refractivity contribution is 6.17. The molecule has 4 nitrogen and oxygen atoms in total. The topological polar surface area (TPSA) is 52.6 Å². The minimum atomic E-state index is -0.144. The first-order valence-corrected chi connectivity index (χ1v) is 14.6. The average molecular weight is 489 g/mol. The number of halogens is 1. The molecule has 0 aliphatic rings. The quantitative estimate of drug-likeness (QED) is 0.0692. The molecule has 0 aromatic carbocycles. The zero-order chi connectivity index (χ0) is 24.2. The van der Waals surface area contributed by atoms with E-state index < -0.39 is 0 Å². The van der Waals surface area contributed by atoms with Crippen LogP contribution in [0.15, 0.2) is 0 Å². The van der Waals surface area contributed by atoms with Gasteiger partial charge < -0.3 is 9.47 Å². The van der Waals surface area contributed by atoms with Crippen molar-refractivity contribution in [2.75, 3.05) is 19.1 Å². The predicted molar refractivity (Wildman–Crippen MR) is 140 cm³/mol. The summed E-state index contributed by atoms with van der Waals surface area (Å²) in [5.74, 6) is 0.492. The van der Waals surface area contributed by atoms with E-state index in [9.17, 15) is 9.59 Å². The summed E-state index contributed by atoms with van der Waals surface area (Å²) in [5, 5.41) is 0. The Labute approximate surface area is 209 Å². The molecule has 0 aliphatic heterocycles. The van der Waals surface area contributed by atoms with Gasteiger partial charge in [-0.05, 0) is 32.1 Å². The molecule has 0 aromatic rings. The van der Waals surface area contributed by atoms with E-state index in [-0.39, 0.29) is 11.9 Å². The maximum Gasteiger partial charge on any atom is 0.305 e. The number of ether oxygens (including phenoxy) is 2. The Morgan fingerprint density at radius 3 is 1.18 bits per heavy atom. The summed E-state index contributed by atoms with van der Waals surface area (Å²) >= 11 is 5.67. The Bertz CT molecular complexity index is 428. The van der Waals surface area contributed by atoms with Crippen LogP contribution >= 0.6 is 11.6 Å². The third kappa shape index (κ3) is 27.4. The average Bonchev–Trinajstić information content (AvgIpc) is 2.81. The smallest absolute Gasteiger partial charge is 0.305 e. The highest BCUT2D eigenvalue weighted by Crippen LogP contribution is 2.11. The summed E-state index contributed by atoms with van der Waals surface area (Å²) in [6, 6.07) is 0. The van der Waals surface area contributed by atoms with E-state index in [0.717, 1.165) is 38.0 Å². The lowest BCUT2D eigenvalue weighted by atomic mass is 10.1. The van der Waals surface area contributed by atoms with Crippen LogP contribution < -0.4 is 0 Å². The second-order valence-electron chi connectivity index (χ2n) is 9.35. The summed E-state index contributed by atoms with van der Waals surface area (Å²) in [6.45, 7) is 3.30. The lowest BCUT2D eigenvalue weighted by molar-refractivity contribution is -0.146. The maximum atomic E-state index is 11.8. The molecule has 0 aromatic heterocycles. The fourth-order valence-corrected chi connectivity index (χ4v) is 4.09. The van der Waals surface area contributed by atoms with E-state index in [1.807, 2.05) is 0 Å². The molecule has 0 atom stereocenters. The standard InChI is InChI=1S/C28H53ClO4/c1-2-3-4-5-6-7-9-12-15-20-25-32-27(30)22-17-18-23-28(31)33-26-21-16-13-10-8-11-14-19-24-29/h2-26H2,1H3. The lowest BCUT2D eigenvalue weighted by Crippen LogP contribution is -2.08. The third-order valence-electron chi connectivity index (χ3n) is 6.06. The molecule has 33 heavy (non-hydrogen) atoms. The summed E-state index contributed by atoms with van der Waals surface area (Å²) in [6.07, 6.45) is 24.4. The number of hydrogen-bond donors (Lipinski definition) is 0. The minimum Gasteiger partial charge on any atom is -0.466 e. The van der Waals surface area contributed by atoms with E-state index >= 15 is 0 Å². The fourth-order valence-electron chi connectivity index (χ4n) is 3.90. The van der Waals surface area contributed by atoms with Gasteiger partial charge in [0, 0.05) is 18.7 Å². The van der Waals surface area contributed by atoms with Gasteiger partial charge in [0.15, 0.2) is 0 Å². The van der Waals surface area contributed by atoms with Gasteiger partial charge >= 0.3 is 11.9 Å². The molecule has 0 heterocycles. The Morgan fingerprint density at radius 2 is 0.818 bits per heavy atom. The number of esters is 2. The fraction of sp³-hybridized carbons (Fsp3) is 0.929. The number of carbonyl (C=O) groups excluding carboxylic acids is 2. The lowest BCUT2D eigenvalue weighted by Gasteiger charge is -2.06. The van der Waals surface area contributed by atoms with Gasteiger partial charge in [-0.3, -0.25) is 9.59 Å². The van der Waals surface area contributed by atoms with E-state index in [2.05, 4.69) is 6.92 Å². The molecule has 0 amide bonds. The van der Waals surface area contributed by atoms with Crippen LogP contribution in [0.1, 0.15) is 148 Å². The first-order valence-electron chi connectivity index (χ1n) is 14.1. The molecular weight excluding hydrogens is 436 g/mol. The van der Waals surface area contributed by atoms with Crippen LogP contribution in [0.25, 0.3) is 0 Å². The zero-order valence-electron chi connectivity index (χ0n) is 21.7. The van der Waals surface area contributed by atoms with Crippen LogP contribution in [0.2, 0.25) is 0 Å². The van der Waals surface area contributed by atoms with Crippen LogP contribution in [0.3, 0.4) is 0 Å². The number of rotatable bonds is 26. The highest BCUT2D eigenvalue weighted by atomic mass is 35.5. The van der Waals surface area contributed by atoms with Crippen LogP contribution in [-0.4, -0.2) is 31.0 Å². The molecule has 0 aliphatic carbocycles. The van der Waals surface area contributed by atoms with Gasteiger partial charge in [0.05, 0.1) is 13.2 Å². The molecule has 0 bridgehead atoms. The van der Waals surface area contributed by atoms with Gasteiger partial charge in [0.25, 0.3) is 0 Å². The minimum absolute atomic E-state index is 0.137. The van der Waals surface area contributed by atoms with Crippen molar-refractivity contribution in [2.24, 2.45) is 0 Å².